The van der Waals surface area contributed by atoms with Gasteiger partial charge in [-0.2, -0.15) is 0 Å². The Labute approximate surface area is 87.4 Å². The van der Waals surface area contributed by atoms with Crippen LogP contribution in [0.25, 0.3) is 0 Å². The van der Waals surface area contributed by atoms with Gasteiger partial charge < -0.3 is 5.32 Å². The van der Waals surface area contributed by atoms with E-state index in [-0.39, 0.29) is 11.9 Å². The molecule has 1 aromatic rings. The molecular formula is C9H13N5O. The number of hydrogen-bond donors (Lipinski definition) is 1. The summed E-state index contributed by atoms with van der Waals surface area (Å²) in [5.74, 6) is 0.774. The van der Waals surface area contributed by atoms with Gasteiger partial charge in [-0.3, -0.25) is 4.79 Å². The van der Waals surface area contributed by atoms with Gasteiger partial charge in [-0.15, -0.1) is 5.10 Å². The number of amides is 1. The number of fused-ring (bicyclic) bond motifs is 1. The average Bonchev–Trinajstić information content (AvgIpc) is 2.62. The molecule has 1 N–H and O–H groups in total. The molecule has 1 aliphatic rings. The predicted molar refractivity (Wildman–Crippen MR) is 52.9 cm³/mol. The predicted octanol–water partition coefficient (Wildman–Crippen LogP) is -0.320. The summed E-state index contributed by atoms with van der Waals surface area (Å²) in [5, 5.41) is 14.3. The molecule has 0 spiro atoms. The summed E-state index contributed by atoms with van der Waals surface area (Å²) in [7, 11) is 0. The Balaban J connectivity index is 1.96. The van der Waals surface area contributed by atoms with Gasteiger partial charge in [0, 0.05) is 19.0 Å². The highest BCUT2D eigenvalue weighted by Gasteiger charge is 2.18. The van der Waals surface area contributed by atoms with Crippen LogP contribution >= 0.6 is 0 Å². The minimum Gasteiger partial charge on any atom is -0.350 e. The number of carbonyl (C=O) groups excluding carboxylic acids is 1. The van der Waals surface area contributed by atoms with E-state index in [1.165, 1.54) is 6.08 Å². The van der Waals surface area contributed by atoms with Crippen molar-refractivity contribution in [3.05, 3.63) is 18.5 Å². The minimum atomic E-state index is -0.120. The molecule has 0 aromatic carbocycles. The summed E-state index contributed by atoms with van der Waals surface area (Å²) in [4.78, 5) is 11.1. The van der Waals surface area contributed by atoms with Crippen molar-refractivity contribution in [1.29, 1.82) is 0 Å². The van der Waals surface area contributed by atoms with Gasteiger partial charge in [0.1, 0.15) is 0 Å². The lowest BCUT2D eigenvalue weighted by Gasteiger charge is -2.13. The second kappa shape index (κ2) is 4.20. The number of nitrogens with one attached hydrogen (secondary N) is 1. The van der Waals surface area contributed by atoms with E-state index in [4.69, 9.17) is 0 Å². The molecule has 1 aliphatic heterocycles. The third-order valence-corrected chi connectivity index (χ3v) is 2.54. The average molecular weight is 207 g/mol. The van der Waals surface area contributed by atoms with Gasteiger partial charge in [-0.25, -0.2) is 4.68 Å². The summed E-state index contributed by atoms with van der Waals surface area (Å²) < 4.78 is 1.79. The zero-order valence-corrected chi connectivity index (χ0v) is 8.39. The molecule has 1 amide bonds. The smallest absolute Gasteiger partial charge is 0.243 e. The molecule has 0 bridgehead atoms. The molecule has 0 radical (unpaired) electrons. The second-order valence-corrected chi connectivity index (χ2v) is 3.56. The molecule has 15 heavy (non-hydrogen) atoms. The molecule has 0 aliphatic carbocycles. The van der Waals surface area contributed by atoms with Gasteiger partial charge in [0.25, 0.3) is 0 Å². The molecule has 1 unspecified atom stereocenters. The first-order valence-corrected chi connectivity index (χ1v) is 4.97. The van der Waals surface area contributed by atoms with Crippen LogP contribution < -0.4 is 5.32 Å². The number of tetrazole rings is 1. The van der Waals surface area contributed by atoms with Crippen LogP contribution in [0.4, 0.5) is 0 Å². The van der Waals surface area contributed by atoms with E-state index in [1.54, 1.807) is 4.68 Å². The Morgan fingerprint density at radius 2 is 2.47 bits per heavy atom. The van der Waals surface area contributed by atoms with Crippen molar-refractivity contribution in [1.82, 2.24) is 25.5 Å². The van der Waals surface area contributed by atoms with Crippen molar-refractivity contribution < 1.29 is 4.79 Å². The van der Waals surface area contributed by atoms with Crippen LogP contribution in [0.15, 0.2) is 12.7 Å². The summed E-state index contributed by atoms with van der Waals surface area (Å²) in [5.41, 5.74) is 0. The fourth-order valence-corrected chi connectivity index (χ4v) is 1.71. The number of carbonyl (C=O) groups is 1. The first-order chi connectivity index (χ1) is 7.29. The van der Waals surface area contributed by atoms with E-state index < -0.39 is 0 Å². The summed E-state index contributed by atoms with van der Waals surface area (Å²) in [6.45, 7) is 4.18. The third kappa shape index (κ3) is 2.20. The van der Waals surface area contributed by atoms with Crippen LogP contribution in [0.1, 0.15) is 18.7 Å². The highest BCUT2D eigenvalue weighted by molar-refractivity contribution is 5.87. The van der Waals surface area contributed by atoms with E-state index in [9.17, 15) is 4.79 Å². The van der Waals surface area contributed by atoms with Crippen LogP contribution in [0.3, 0.4) is 0 Å². The zero-order chi connectivity index (χ0) is 10.7. The van der Waals surface area contributed by atoms with Crippen LogP contribution in [-0.4, -0.2) is 32.2 Å². The highest BCUT2D eigenvalue weighted by atomic mass is 16.1. The summed E-state index contributed by atoms with van der Waals surface area (Å²) >= 11 is 0. The van der Waals surface area contributed by atoms with Gasteiger partial charge in [-0.05, 0) is 29.3 Å². The number of hydrogen-bond acceptors (Lipinski definition) is 4. The monoisotopic (exact) mass is 207 g/mol. The lowest BCUT2D eigenvalue weighted by molar-refractivity contribution is -0.117. The maximum absolute atomic E-state index is 11.1. The van der Waals surface area contributed by atoms with Gasteiger partial charge in [0.15, 0.2) is 5.82 Å². The quantitative estimate of drug-likeness (QED) is 0.674. The van der Waals surface area contributed by atoms with Crippen LogP contribution in [0, 0.1) is 0 Å². The maximum atomic E-state index is 11.1. The van der Waals surface area contributed by atoms with Crippen LogP contribution in [0.2, 0.25) is 0 Å². The van der Waals surface area contributed by atoms with Crippen molar-refractivity contribution in [3.63, 3.8) is 0 Å². The standard InChI is InChI=1S/C9H13N5O/c1-2-9(15)10-7-3-4-8-11-12-13-14(8)6-5-7/h2,7H,1,3-6H2,(H,10,15). The summed E-state index contributed by atoms with van der Waals surface area (Å²) in [6.07, 6.45) is 3.83. The fraction of sp³-hybridized carbons (Fsp3) is 0.556. The zero-order valence-electron chi connectivity index (χ0n) is 8.39. The Bertz CT molecular complexity index is 350. The SMILES string of the molecule is C=CC(=O)NC1CCc2nnnn2CC1. The molecule has 6 nitrogen and oxygen atoms in total. The first kappa shape index (κ1) is 9.82. The van der Waals surface area contributed by atoms with Crippen LogP contribution in [-0.2, 0) is 17.8 Å². The number of rotatable bonds is 2. The Kier molecular flexibility index (Phi) is 2.75. The molecule has 0 fully saturated rings. The lowest BCUT2D eigenvalue weighted by Crippen LogP contribution is -2.33. The van der Waals surface area contributed by atoms with Crippen molar-refractivity contribution in [3.8, 4) is 0 Å². The van der Waals surface area contributed by atoms with E-state index in [0.29, 0.717) is 0 Å². The third-order valence-electron chi connectivity index (χ3n) is 2.54. The maximum Gasteiger partial charge on any atom is 0.243 e. The van der Waals surface area contributed by atoms with E-state index in [1.807, 2.05) is 0 Å². The molecule has 80 valence electrons. The number of aryl methyl sites for hydroxylation is 2. The Hall–Kier alpha value is -1.72. The fourth-order valence-electron chi connectivity index (χ4n) is 1.71. The van der Waals surface area contributed by atoms with Crippen molar-refractivity contribution >= 4 is 5.91 Å². The molecule has 1 atom stereocenters. The van der Waals surface area contributed by atoms with Gasteiger partial charge in [0.05, 0.1) is 0 Å². The van der Waals surface area contributed by atoms with Crippen LogP contribution in [0.5, 0.6) is 0 Å². The second-order valence-electron chi connectivity index (χ2n) is 3.56. The van der Waals surface area contributed by atoms with Gasteiger partial charge in [-0.1, -0.05) is 6.58 Å². The Morgan fingerprint density at radius 1 is 1.60 bits per heavy atom. The highest BCUT2D eigenvalue weighted by Crippen LogP contribution is 2.11. The molecule has 1 aromatic heterocycles. The lowest BCUT2D eigenvalue weighted by atomic mass is 10.1. The van der Waals surface area contributed by atoms with E-state index >= 15 is 0 Å². The van der Waals surface area contributed by atoms with E-state index in [0.717, 1.165) is 31.6 Å². The summed E-state index contributed by atoms with van der Waals surface area (Å²) in [6, 6.07) is 0.180. The minimum absolute atomic E-state index is 0.120. The molecular weight excluding hydrogens is 194 g/mol. The van der Waals surface area contributed by atoms with Gasteiger partial charge in [0.2, 0.25) is 5.91 Å². The van der Waals surface area contributed by atoms with Crippen molar-refractivity contribution in [2.75, 3.05) is 0 Å². The van der Waals surface area contributed by atoms with Crippen molar-refractivity contribution in [2.24, 2.45) is 0 Å². The molecule has 0 saturated carbocycles. The normalized spacial score (nSPS) is 20.1. The topological polar surface area (TPSA) is 72.7 Å². The molecule has 2 rings (SSSR count). The Morgan fingerprint density at radius 3 is 3.27 bits per heavy atom. The molecule has 6 heteroatoms. The number of nitrogens with zero attached hydrogens (tertiary/aromatic N) is 4. The van der Waals surface area contributed by atoms with Crippen molar-refractivity contribution in [2.45, 2.75) is 31.8 Å². The molecule has 2 heterocycles. The molecule has 0 saturated heterocycles. The van der Waals surface area contributed by atoms with Gasteiger partial charge >= 0.3 is 0 Å². The first-order valence-electron chi connectivity index (χ1n) is 4.97. The largest absolute Gasteiger partial charge is 0.350 e. The number of aromatic nitrogens is 4. The van der Waals surface area contributed by atoms with E-state index in [2.05, 4.69) is 27.4 Å².